The first-order valence-corrected chi connectivity index (χ1v) is 10.5. The van der Waals surface area contributed by atoms with Crippen LogP contribution in [-0.4, -0.2) is 67.2 Å². The monoisotopic (exact) mass is 380 g/mol. The van der Waals surface area contributed by atoms with Crippen LogP contribution in [0.2, 0.25) is 0 Å². The van der Waals surface area contributed by atoms with Crippen molar-refractivity contribution in [2.24, 2.45) is 0 Å². The summed E-state index contributed by atoms with van der Waals surface area (Å²) < 4.78 is 5.55. The molecule has 5 nitrogen and oxygen atoms in total. The largest absolute Gasteiger partial charge is 0.495 e. The molecule has 0 radical (unpaired) electrons. The van der Waals surface area contributed by atoms with Crippen LogP contribution in [0.1, 0.15) is 24.2 Å². The number of hydrogen-bond acceptors (Lipinski definition) is 5. The van der Waals surface area contributed by atoms with Gasteiger partial charge in [0.25, 0.3) is 0 Å². The molecule has 0 amide bonds. The maximum atomic E-state index is 5.55. The summed E-state index contributed by atoms with van der Waals surface area (Å²) >= 11 is 0. The zero-order chi connectivity index (χ0) is 19.3. The van der Waals surface area contributed by atoms with Crippen LogP contribution in [0.3, 0.4) is 0 Å². The summed E-state index contributed by atoms with van der Waals surface area (Å²) in [7, 11) is 1.76. The number of benzene rings is 1. The van der Waals surface area contributed by atoms with E-state index in [0.717, 1.165) is 50.7 Å². The highest BCUT2D eigenvalue weighted by molar-refractivity contribution is 5.58. The lowest BCUT2D eigenvalue weighted by Crippen LogP contribution is -2.55. The fourth-order valence-corrected chi connectivity index (χ4v) is 4.61. The van der Waals surface area contributed by atoms with E-state index in [4.69, 9.17) is 9.72 Å². The molecule has 0 saturated carbocycles. The van der Waals surface area contributed by atoms with Crippen LogP contribution >= 0.6 is 0 Å². The summed E-state index contributed by atoms with van der Waals surface area (Å²) in [6.45, 7) is 9.77. The first kappa shape index (κ1) is 19.2. The number of likely N-dealkylation sites (tertiary alicyclic amines) is 1. The number of aryl methyl sites for hydroxylation is 1. The second-order valence-corrected chi connectivity index (χ2v) is 8.00. The van der Waals surface area contributed by atoms with Crippen molar-refractivity contribution < 1.29 is 4.74 Å². The number of nitrogens with zero attached hydrogens (tertiary/aromatic N) is 4. The number of ether oxygens (including phenoxy) is 1. The highest BCUT2D eigenvalue weighted by atomic mass is 16.5. The summed E-state index contributed by atoms with van der Waals surface area (Å²) in [5.74, 6) is 0.977. The molecule has 3 heterocycles. The number of pyridine rings is 1. The van der Waals surface area contributed by atoms with Gasteiger partial charge >= 0.3 is 0 Å². The number of hydrogen-bond donors (Lipinski definition) is 0. The number of aromatic nitrogens is 1. The Labute approximate surface area is 168 Å². The van der Waals surface area contributed by atoms with Crippen molar-refractivity contribution in [3.63, 3.8) is 0 Å². The van der Waals surface area contributed by atoms with E-state index in [9.17, 15) is 0 Å². The van der Waals surface area contributed by atoms with Crippen molar-refractivity contribution >= 4 is 5.69 Å². The highest BCUT2D eigenvalue weighted by Gasteiger charge is 2.28. The third-order valence-corrected chi connectivity index (χ3v) is 6.07. The Balaban J connectivity index is 1.33. The van der Waals surface area contributed by atoms with Crippen molar-refractivity contribution in [1.82, 2.24) is 14.8 Å². The van der Waals surface area contributed by atoms with Gasteiger partial charge in [-0.05, 0) is 50.6 Å². The maximum absolute atomic E-state index is 5.55. The minimum Gasteiger partial charge on any atom is -0.495 e. The van der Waals surface area contributed by atoms with Gasteiger partial charge < -0.3 is 9.64 Å². The second kappa shape index (κ2) is 8.93. The van der Waals surface area contributed by atoms with Crippen LogP contribution < -0.4 is 9.64 Å². The van der Waals surface area contributed by atoms with E-state index in [2.05, 4.69) is 58.0 Å². The zero-order valence-corrected chi connectivity index (χ0v) is 17.2. The Morgan fingerprint density at radius 1 is 1.00 bits per heavy atom. The first-order valence-electron chi connectivity index (χ1n) is 10.5. The Morgan fingerprint density at radius 3 is 2.61 bits per heavy atom. The topological polar surface area (TPSA) is 31.8 Å². The Kier molecular flexibility index (Phi) is 6.13. The minimum absolute atomic E-state index is 0.665. The van der Waals surface area contributed by atoms with E-state index in [-0.39, 0.29) is 0 Å². The standard InChI is InChI=1S/C23H32N4O/c1-19-7-5-8-20(24-19)17-25-12-6-9-21(18-25)26-13-15-27(16-14-26)22-10-3-4-11-23(22)28-2/h3-5,7-8,10-11,21H,6,9,12-18H2,1-2H3/t21-/m0/s1. The number of anilines is 1. The molecule has 1 aromatic carbocycles. The van der Waals surface area contributed by atoms with E-state index in [1.807, 2.05) is 6.07 Å². The molecule has 0 N–H and O–H groups in total. The van der Waals surface area contributed by atoms with Crippen LogP contribution in [-0.2, 0) is 6.54 Å². The molecule has 150 valence electrons. The SMILES string of the molecule is COc1ccccc1N1CCN([C@H]2CCCN(Cc3cccc(C)n3)C2)CC1. The van der Waals surface area contributed by atoms with Gasteiger partial charge in [-0.3, -0.25) is 14.8 Å². The van der Waals surface area contributed by atoms with E-state index in [0.29, 0.717) is 6.04 Å². The molecule has 0 spiro atoms. The van der Waals surface area contributed by atoms with Gasteiger partial charge in [-0.1, -0.05) is 18.2 Å². The fraction of sp³-hybridized carbons (Fsp3) is 0.522. The normalized spacial score (nSPS) is 21.6. The molecule has 0 bridgehead atoms. The van der Waals surface area contributed by atoms with Gasteiger partial charge in [0.15, 0.2) is 0 Å². The number of piperazine rings is 1. The van der Waals surface area contributed by atoms with Crippen LogP contribution in [0.4, 0.5) is 5.69 Å². The summed E-state index contributed by atoms with van der Waals surface area (Å²) in [5.41, 5.74) is 3.53. The molecule has 28 heavy (non-hydrogen) atoms. The molecule has 1 aromatic heterocycles. The van der Waals surface area contributed by atoms with Crippen molar-refractivity contribution in [3.05, 3.63) is 53.9 Å². The third-order valence-electron chi connectivity index (χ3n) is 6.07. The van der Waals surface area contributed by atoms with Crippen LogP contribution in [0, 0.1) is 6.92 Å². The highest BCUT2D eigenvalue weighted by Crippen LogP contribution is 2.29. The molecule has 0 unspecified atom stereocenters. The lowest BCUT2D eigenvalue weighted by Gasteiger charge is -2.44. The number of rotatable bonds is 5. The van der Waals surface area contributed by atoms with E-state index >= 15 is 0 Å². The maximum Gasteiger partial charge on any atom is 0.142 e. The van der Waals surface area contributed by atoms with Crippen molar-refractivity contribution in [1.29, 1.82) is 0 Å². The van der Waals surface area contributed by atoms with Crippen molar-refractivity contribution in [2.75, 3.05) is 51.3 Å². The summed E-state index contributed by atoms with van der Waals surface area (Å²) in [6, 6.07) is 15.4. The van der Waals surface area contributed by atoms with Gasteiger partial charge in [0, 0.05) is 51.0 Å². The average Bonchev–Trinajstić information content (AvgIpc) is 2.74. The van der Waals surface area contributed by atoms with Gasteiger partial charge in [0.1, 0.15) is 5.75 Å². The Hall–Kier alpha value is -2.11. The lowest BCUT2D eigenvalue weighted by atomic mass is 10.0. The molecule has 5 heteroatoms. The van der Waals surface area contributed by atoms with Gasteiger partial charge in [0.05, 0.1) is 18.5 Å². The summed E-state index contributed by atoms with van der Waals surface area (Å²) in [6.07, 6.45) is 2.59. The molecule has 2 fully saturated rings. The molecule has 2 aromatic rings. The molecule has 0 aliphatic carbocycles. The van der Waals surface area contributed by atoms with Gasteiger partial charge in [0.2, 0.25) is 0 Å². The summed E-state index contributed by atoms with van der Waals surface area (Å²) in [4.78, 5) is 12.4. The fourth-order valence-electron chi connectivity index (χ4n) is 4.61. The average molecular weight is 381 g/mol. The van der Waals surface area contributed by atoms with Crippen LogP contribution in [0.15, 0.2) is 42.5 Å². The first-order chi connectivity index (χ1) is 13.7. The third kappa shape index (κ3) is 4.47. The summed E-state index contributed by atoms with van der Waals surface area (Å²) in [5, 5.41) is 0. The number of piperidine rings is 1. The lowest BCUT2D eigenvalue weighted by molar-refractivity contribution is 0.0880. The molecule has 2 aliphatic rings. The molecule has 2 saturated heterocycles. The van der Waals surface area contributed by atoms with Crippen molar-refractivity contribution in [3.8, 4) is 5.75 Å². The van der Waals surface area contributed by atoms with Crippen molar-refractivity contribution in [2.45, 2.75) is 32.4 Å². The molecule has 1 atom stereocenters. The van der Waals surface area contributed by atoms with E-state index in [1.54, 1.807) is 7.11 Å². The molecule has 4 rings (SSSR count). The Morgan fingerprint density at radius 2 is 1.82 bits per heavy atom. The van der Waals surface area contributed by atoms with E-state index < -0.39 is 0 Å². The van der Waals surface area contributed by atoms with Crippen LogP contribution in [0.5, 0.6) is 5.75 Å². The Bertz CT molecular complexity index is 773. The smallest absolute Gasteiger partial charge is 0.142 e. The predicted octanol–water partition coefficient (Wildman–Crippen LogP) is 3.19. The zero-order valence-electron chi connectivity index (χ0n) is 17.2. The second-order valence-electron chi connectivity index (χ2n) is 8.00. The molecular formula is C23H32N4O. The number of methoxy groups -OCH3 is 1. The quantitative estimate of drug-likeness (QED) is 0.795. The van der Waals surface area contributed by atoms with Gasteiger partial charge in [-0.15, -0.1) is 0 Å². The van der Waals surface area contributed by atoms with E-state index in [1.165, 1.54) is 30.8 Å². The molecule has 2 aliphatic heterocycles. The minimum atomic E-state index is 0.665. The van der Waals surface area contributed by atoms with Gasteiger partial charge in [-0.2, -0.15) is 0 Å². The van der Waals surface area contributed by atoms with Gasteiger partial charge in [-0.25, -0.2) is 0 Å². The predicted molar refractivity (Wildman–Crippen MR) is 114 cm³/mol. The van der Waals surface area contributed by atoms with Crippen LogP contribution in [0.25, 0.3) is 0 Å². The molecular weight excluding hydrogens is 348 g/mol. The number of para-hydroxylation sites is 2.